The normalized spacial score (nSPS) is 12.8. The standard InChI is InChI=1S/C17H25N3/c1-12(2)11-20-14(4)19-16(17(20)18)10-13(3)15-8-6-5-7-9-15/h5-9,12-13H,10-11,18H2,1-4H3. The second-order valence-electron chi connectivity index (χ2n) is 6.01. The molecule has 0 fully saturated rings. The van der Waals surface area contributed by atoms with Crippen LogP contribution in [0.4, 0.5) is 5.82 Å². The molecule has 3 nitrogen and oxygen atoms in total. The van der Waals surface area contributed by atoms with Crippen LogP contribution in [0.25, 0.3) is 0 Å². The molecule has 0 saturated heterocycles. The molecule has 2 aromatic rings. The lowest BCUT2D eigenvalue weighted by Gasteiger charge is -2.12. The Morgan fingerprint density at radius 1 is 1.15 bits per heavy atom. The van der Waals surface area contributed by atoms with Crippen molar-refractivity contribution in [3.63, 3.8) is 0 Å². The van der Waals surface area contributed by atoms with Gasteiger partial charge in [0, 0.05) is 6.54 Å². The van der Waals surface area contributed by atoms with Crippen molar-refractivity contribution in [2.24, 2.45) is 5.92 Å². The van der Waals surface area contributed by atoms with Crippen molar-refractivity contribution in [3.05, 3.63) is 47.4 Å². The van der Waals surface area contributed by atoms with Crippen molar-refractivity contribution in [2.75, 3.05) is 5.73 Å². The number of anilines is 1. The second kappa shape index (κ2) is 6.12. The van der Waals surface area contributed by atoms with Gasteiger partial charge >= 0.3 is 0 Å². The summed E-state index contributed by atoms with van der Waals surface area (Å²) in [5.74, 6) is 2.86. The number of aryl methyl sites for hydroxylation is 1. The lowest BCUT2D eigenvalue weighted by molar-refractivity contribution is 0.518. The molecule has 0 bridgehead atoms. The first-order valence-electron chi connectivity index (χ1n) is 7.35. The number of rotatable bonds is 5. The Morgan fingerprint density at radius 3 is 2.40 bits per heavy atom. The molecule has 20 heavy (non-hydrogen) atoms. The van der Waals surface area contributed by atoms with Gasteiger partial charge in [-0.2, -0.15) is 0 Å². The number of benzene rings is 1. The Balaban J connectivity index is 2.18. The highest BCUT2D eigenvalue weighted by Crippen LogP contribution is 2.24. The molecule has 0 aliphatic carbocycles. The van der Waals surface area contributed by atoms with E-state index >= 15 is 0 Å². The lowest BCUT2D eigenvalue weighted by atomic mass is 9.96. The third kappa shape index (κ3) is 3.21. The molecule has 0 aliphatic rings. The van der Waals surface area contributed by atoms with Gasteiger partial charge in [-0.25, -0.2) is 4.98 Å². The minimum Gasteiger partial charge on any atom is -0.384 e. The van der Waals surface area contributed by atoms with Crippen molar-refractivity contribution >= 4 is 5.82 Å². The first-order valence-corrected chi connectivity index (χ1v) is 7.35. The molecular weight excluding hydrogens is 246 g/mol. The predicted molar refractivity (Wildman–Crippen MR) is 84.8 cm³/mol. The third-order valence-corrected chi connectivity index (χ3v) is 3.69. The van der Waals surface area contributed by atoms with Crippen molar-refractivity contribution in [3.8, 4) is 0 Å². The summed E-state index contributed by atoms with van der Waals surface area (Å²) in [5, 5.41) is 0. The number of hydrogen-bond donors (Lipinski definition) is 1. The molecular formula is C17H25N3. The third-order valence-electron chi connectivity index (χ3n) is 3.69. The fraction of sp³-hybridized carbons (Fsp3) is 0.471. The molecule has 1 aromatic carbocycles. The van der Waals surface area contributed by atoms with Crippen molar-refractivity contribution in [2.45, 2.75) is 46.6 Å². The van der Waals surface area contributed by atoms with Crippen LogP contribution >= 0.6 is 0 Å². The molecule has 1 heterocycles. The molecule has 0 spiro atoms. The molecule has 1 unspecified atom stereocenters. The summed E-state index contributed by atoms with van der Waals surface area (Å²) in [6.45, 7) is 9.60. The van der Waals surface area contributed by atoms with Gasteiger partial charge in [-0.3, -0.25) is 0 Å². The molecule has 2 rings (SSSR count). The molecule has 1 atom stereocenters. The number of nitrogens with zero attached hydrogens (tertiary/aromatic N) is 2. The average molecular weight is 271 g/mol. The van der Waals surface area contributed by atoms with Crippen LogP contribution in [0.2, 0.25) is 0 Å². The van der Waals surface area contributed by atoms with Crippen LogP contribution in [0.15, 0.2) is 30.3 Å². The van der Waals surface area contributed by atoms with Crippen LogP contribution in [0.1, 0.15) is 43.8 Å². The zero-order valence-corrected chi connectivity index (χ0v) is 12.9. The first-order chi connectivity index (χ1) is 9.49. The van der Waals surface area contributed by atoms with E-state index < -0.39 is 0 Å². The number of nitrogens with two attached hydrogens (primary N) is 1. The van der Waals surface area contributed by atoms with E-state index in [0.717, 1.165) is 30.3 Å². The van der Waals surface area contributed by atoms with Crippen LogP contribution in [-0.2, 0) is 13.0 Å². The molecule has 0 saturated carbocycles. The summed E-state index contributed by atoms with van der Waals surface area (Å²) >= 11 is 0. The van der Waals surface area contributed by atoms with Crippen molar-refractivity contribution < 1.29 is 0 Å². The predicted octanol–water partition coefficient (Wildman–Crippen LogP) is 3.78. The maximum absolute atomic E-state index is 6.28. The minimum atomic E-state index is 0.431. The average Bonchev–Trinajstić information content (AvgIpc) is 2.67. The summed E-state index contributed by atoms with van der Waals surface area (Å²) in [6, 6.07) is 10.5. The van der Waals surface area contributed by atoms with Crippen LogP contribution in [0.3, 0.4) is 0 Å². The van der Waals surface area contributed by atoms with E-state index in [2.05, 4.69) is 54.6 Å². The monoisotopic (exact) mass is 271 g/mol. The summed E-state index contributed by atoms with van der Waals surface area (Å²) in [4.78, 5) is 4.67. The lowest BCUT2D eigenvalue weighted by Crippen LogP contribution is -2.10. The van der Waals surface area contributed by atoms with Crippen LogP contribution in [-0.4, -0.2) is 9.55 Å². The zero-order chi connectivity index (χ0) is 14.7. The molecule has 0 aliphatic heterocycles. The number of hydrogen-bond acceptors (Lipinski definition) is 2. The highest BCUT2D eigenvalue weighted by molar-refractivity contribution is 5.39. The summed E-state index contributed by atoms with van der Waals surface area (Å²) < 4.78 is 2.14. The molecule has 0 radical (unpaired) electrons. The van der Waals surface area contributed by atoms with E-state index in [-0.39, 0.29) is 0 Å². The van der Waals surface area contributed by atoms with E-state index in [4.69, 9.17) is 5.73 Å². The molecule has 0 amide bonds. The highest BCUT2D eigenvalue weighted by Gasteiger charge is 2.16. The van der Waals surface area contributed by atoms with Gasteiger partial charge in [0.25, 0.3) is 0 Å². The maximum atomic E-state index is 6.28. The molecule has 108 valence electrons. The molecule has 2 N–H and O–H groups in total. The van der Waals surface area contributed by atoms with E-state index in [1.54, 1.807) is 0 Å². The highest BCUT2D eigenvalue weighted by atomic mass is 15.1. The summed E-state index contributed by atoms with van der Waals surface area (Å²) in [7, 11) is 0. The van der Waals surface area contributed by atoms with Gasteiger partial charge in [-0.05, 0) is 30.7 Å². The minimum absolute atomic E-state index is 0.431. The number of imidazole rings is 1. The first kappa shape index (κ1) is 14.6. The second-order valence-corrected chi connectivity index (χ2v) is 6.01. The quantitative estimate of drug-likeness (QED) is 0.899. The summed E-state index contributed by atoms with van der Waals surface area (Å²) in [6.07, 6.45) is 0.891. The van der Waals surface area contributed by atoms with Crippen molar-refractivity contribution in [1.82, 2.24) is 9.55 Å². The SMILES string of the molecule is Cc1nc(CC(C)c2ccccc2)c(N)n1CC(C)C. The smallest absolute Gasteiger partial charge is 0.126 e. The fourth-order valence-corrected chi connectivity index (χ4v) is 2.58. The Bertz CT molecular complexity index is 555. The van der Waals surface area contributed by atoms with Gasteiger partial charge in [0.15, 0.2) is 0 Å². The van der Waals surface area contributed by atoms with E-state index in [1.165, 1.54) is 5.56 Å². The van der Waals surface area contributed by atoms with E-state index in [1.807, 2.05) is 13.0 Å². The largest absolute Gasteiger partial charge is 0.384 e. The van der Waals surface area contributed by atoms with Gasteiger partial charge in [-0.1, -0.05) is 51.1 Å². The van der Waals surface area contributed by atoms with Crippen LogP contribution < -0.4 is 5.73 Å². The summed E-state index contributed by atoms with van der Waals surface area (Å²) in [5.41, 5.74) is 8.64. The van der Waals surface area contributed by atoms with Crippen LogP contribution in [0.5, 0.6) is 0 Å². The Labute approximate surface area is 121 Å². The Morgan fingerprint density at radius 2 is 1.80 bits per heavy atom. The Hall–Kier alpha value is -1.77. The fourth-order valence-electron chi connectivity index (χ4n) is 2.58. The Kier molecular flexibility index (Phi) is 4.48. The van der Waals surface area contributed by atoms with E-state index in [9.17, 15) is 0 Å². The maximum Gasteiger partial charge on any atom is 0.126 e. The number of aromatic nitrogens is 2. The van der Waals surface area contributed by atoms with Gasteiger partial charge in [0.05, 0.1) is 5.69 Å². The van der Waals surface area contributed by atoms with Gasteiger partial charge in [-0.15, -0.1) is 0 Å². The van der Waals surface area contributed by atoms with Crippen LogP contribution in [0, 0.1) is 12.8 Å². The van der Waals surface area contributed by atoms with Gasteiger partial charge < -0.3 is 10.3 Å². The number of nitrogen functional groups attached to an aromatic ring is 1. The topological polar surface area (TPSA) is 43.8 Å². The van der Waals surface area contributed by atoms with Gasteiger partial charge in [0.1, 0.15) is 11.6 Å². The molecule has 3 heteroatoms. The zero-order valence-electron chi connectivity index (χ0n) is 12.9. The van der Waals surface area contributed by atoms with E-state index in [0.29, 0.717) is 11.8 Å². The molecule has 1 aromatic heterocycles. The van der Waals surface area contributed by atoms with Crippen molar-refractivity contribution in [1.29, 1.82) is 0 Å². The van der Waals surface area contributed by atoms with Gasteiger partial charge in [0.2, 0.25) is 0 Å².